The summed E-state index contributed by atoms with van der Waals surface area (Å²) in [7, 11) is 0. The van der Waals surface area contributed by atoms with Crippen molar-refractivity contribution in [3.05, 3.63) is 42.3 Å². The first-order valence-corrected chi connectivity index (χ1v) is 3.57. The molecule has 0 amide bonds. The zero-order valence-electron chi connectivity index (χ0n) is 7.54. The molecule has 0 aliphatic carbocycles. The van der Waals surface area contributed by atoms with E-state index in [2.05, 4.69) is 19.1 Å². The second-order valence-corrected chi connectivity index (χ2v) is 2.23. The van der Waals surface area contributed by atoms with Crippen LogP contribution in [0.15, 0.2) is 30.3 Å². The maximum Gasteiger partial charge on any atom is 0 e. The third kappa shape index (κ3) is 10.3. The Morgan fingerprint density at radius 2 is 1.36 bits per heavy atom. The molecule has 1 radical (unpaired) electrons. The Bertz CT molecular complexity index is 146. The van der Waals surface area contributed by atoms with Gasteiger partial charge in [-0.15, -0.1) is 0 Å². The minimum atomic E-state index is 0. The van der Waals surface area contributed by atoms with Crippen LogP contribution < -0.4 is 0 Å². The van der Waals surface area contributed by atoms with Gasteiger partial charge >= 0.3 is 0 Å². The number of aryl methyl sites for hydroxylation is 1. The Hall–Kier alpha value is 0.324. The summed E-state index contributed by atoms with van der Waals surface area (Å²) in [5, 5.41) is 0. The third-order valence-electron chi connectivity index (χ3n) is 0.940. The van der Waals surface area contributed by atoms with Gasteiger partial charge in [0, 0.05) is 32.7 Å². The Morgan fingerprint density at radius 1 is 1.00 bits per heavy atom. The zero-order valence-corrected chi connectivity index (χ0v) is 10.4. The van der Waals surface area contributed by atoms with Crippen LogP contribution >= 0.6 is 0 Å². The van der Waals surface area contributed by atoms with E-state index in [4.69, 9.17) is 0 Å². The van der Waals surface area contributed by atoms with Crippen molar-refractivity contribution in [2.75, 3.05) is 0 Å². The Labute approximate surface area is 95.3 Å². The Morgan fingerprint density at radius 3 is 1.55 bits per heavy atom. The van der Waals surface area contributed by atoms with E-state index in [1.54, 1.807) is 0 Å². The Kier molecular flexibility index (Phi) is 13.0. The first-order valence-electron chi connectivity index (χ1n) is 3.57. The molecule has 0 unspecified atom stereocenters. The van der Waals surface area contributed by atoms with Crippen molar-refractivity contribution < 1.29 is 32.7 Å². The quantitative estimate of drug-likeness (QED) is 0.593. The molecule has 0 atom stereocenters. The minimum Gasteiger partial charge on any atom is -0.335 e. The van der Waals surface area contributed by atoms with E-state index in [9.17, 15) is 0 Å². The van der Waals surface area contributed by atoms with E-state index in [1.165, 1.54) is 5.56 Å². The van der Waals surface area contributed by atoms with Gasteiger partial charge in [0.05, 0.1) is 0 Å². The Balaban J connectivity index is 0. The third-order valence-corrected chi connectivity index (χ3v) is 0.940. The SMILES string of the molecule is C[CH-]C.Cc1ccccc1.[Y]. The normalized spacial score (nSPS) is 7.18. The minimum absolute atomic E-state index is 0. The molecular weight excluding hydrogens is 209 g/mol. The van der Waals surface area contributed by atoms with Crippen LogP contribution in [0.25, 0.3) is 0 Å². The van der Waals surface area contributed by atoms with Gasteiger partial charge in [-0.1, -0.05) is 35.9 Å². The second kappa shape index (κ2) is 10.3. The fraction of sp³-hybridized carbons (Fsp3) is 0.300. The molecule has 0 fully saturated rings. The molecule has 0 aliphatic heterocycles. The van der Waals surface area contributed by atoms with Crippen molar-refractivity contribution in [3.63, 3.8) is 0 Å². The number of rotatable bonds is 0. The standard InChI is InChI=1S/C7H8.C3H7.Y/c1-7-5-3-2-4-6-7;1-3-2;/h2-6H,1H3;3H,1-2H3;/q;-1;. The molecule has 59 valence electrons. The van der Waals surface area contributed by atoms with Gasteiger partial charge in [0.25, 0.3) is 0 Å². The smallest absolute Gasteiger partial charge is 0 e. The summed E-state index contributed by atoms with van der Waals surface area (Å²) in [5.41, 5.74) is 1.32. The van der Waals surface area contributed by atoms with Gasteiger partial charge in [-0.3, -0.25) is 0 Å². The van der Waals surface area contributed by atoms with Gasteiger partial charge in [-0.25, -0.2) is 0 Å². The summed E-state index contributed by atoms with van der Waals surface area (Å²) in [6, 6.07) is 10.3. The zero-order chi connectivity index (χ0) is 7.82. The van der Waals surface area contributed by atoms with Crippen LogP contribution in [0.2, 0.25) is 0 Å². The molecule has 1 rings (SSSR count). The monoisotopic (exact) mass is 224 g/mol. The van der Waals surface area contributed by atoms with Crippen LogP contribution in [0.4, 0.5) is 0 Å². The average Bonchev–Trinajstić information content (AvgIpc) is 1.91. The molecule has 0 aromatic heterocycles. The summed E-state index contributed by atoms with van der Waals surface area (Å²) in [6.45, 7) is 6.08. The van der Waals surface area contributed by atoms with Crippen molar-refractivity contribution >= 4 is 0 Å². The maximum atomic E-state index is 2.08. The molecule has 0 aliphatic rings. The predicted molar refractivity (Wildman–Crippen MR) is 46.8 cm³/mol. The second-order valence-electron chi connectivity index (χ2n) is 2.23. The number of hydrogen-bond donors (Lipinski definition) is 0. The maximum absolute atomic E-state index is 2.08. The van der Waals surface area contributed by atoms with Crippen molar-refractivity contribution in [1.82, 2.24) is 0 Å². The van der Waals surface area contributed by atoms with Gasteiger partial charge in [-0.2, -0.15) is 13.8 Å². The largest absolute Gasteiger partial charge is 0.335 e. The first-order chi connectivity index (χ1) is 4.81. The molecule has 0 N–H and O–H groups in total. The van der Waals surface area contributed by atoms with Crippen LogP contribution in [0.5, 0.6) is 0 Å². The molecule has 1 aromatic carbocycles. The molecule has 1 aromatic rings. The molecule has 0 saturated carbocycles. The van der Waals surface area contributed by atoms with Gasteiger partial charge in [0.2, 0.25) is 0 Å². The van der Waals surface area contributed by atoms with Crippen LogP contribution in [0, 0.1) is 13.3 Å². The molecule has 0 spiro atoms. The molecule has 0 heterocycles. The van der Waals surface area contributed by atoms with Crippen LogP contribution in [-0.2, 0) is 32.7 Å². The predicted octanol–water partition coefficient (Wildman–Crippen LogP) is 3.22. The van der Waals surface area contributed by atoms with Crippen LogP contribution in [-0.4, -0.2) is 0 Å². The summed E-state index contributed by atoms with van der Waals surface area (Å²) in [5.74, 6) is 0. The summed E-state index contributed by atoms with van der Waals surface area (Å²) >= 11 is 0. The van der Waals surface area contributed by atoms with E-state index in [0.29, 0.717) is 0 Å². The number of benzene rings is 1. The van der Waals surface area contributed by atoms with Crippen molar-refractivity contribution in [2.45, 2.75) is 20.8 Å². The average molecular weight is 224 g/mol. The van der Waals surface area contributed by atoms with E-state index < -0.39 is 0 Å². The fourth-order valence-electron chi connectivity index (χ4n) is 0.534. The molecule has 0 bridgehead atoms. The number of hydrogen-bond acceptors (Lipinski definition) is 0. The molecular formula is C10H15Y-. The van der Waals surface area contributed by atoms with E-state index in [-0.39, 0.29) is 32.7 Å². The van der Waals surface area contributed by atoms with Crippen LogP contribution in [0.3, 0.4) is 0 Å². The van der Waals surface area contributed by atoms with E-state index in [0.717, 1.165) is 0 Å². The van der Waals surface area contributed by atoms with E-state index >= 15 is 0 Å². The topological polar surface area (TPSA) is 0 Å². The van der Waals surface area contributed by atoms with Crippen molar-refractivity contribution in [3.8, 4) is 0 Å². The summed E-state index contributed by atoms with van der Waals surface area (Å²) in [4.78, 5) is 0. The van der Waals surface area contributed by atoms with E-state index in [1.807, 2.05) is 38.5 Å². The summed E-state index contributed by atoms with van der Waals surface area (Å²) in [6.07, 6.45) is 2.00. The first kappa shape index (κ1) is 13.9. The van der Waals surface area contributed by atoms with Crippen LogP contribution in [0.1, 0.15) is 19.4 Å². The fourth-order valence-corrected chi connectivity index (χ4v) is 0.534. The van der Waals surface area contributed by atoms with Gasteiger partial charge in [0.1, 0.15) is 0 Å². The molecule has 0 nitrogen and oxygen atoms in total. The van der Waals surface area contributed by atoms with Crippen molar-refractivity contribution in [2.24, 2.45) is 0 Å². The molecule has 1 heteroatoms. The van der Waals surface area contributed by atoms with Crippen molar-refractivity contribution in [1.29, 1.82) is 0 Å². The summed E-state index contributed by atoms with van der Waals surface area (Å²) < 4.78 is 0. The van der Waals surface area contributed by atoms with Gasteiger partial charge < -0.3 is 6.42 Å². The van der Waals surface area contributed by atoms with Gasteiger partial charge in [0.15, 0.2) is 0 Å². The van der Waals surface area contributed by atoms with Gasteiger partial charge in [-0.05, 0) is 6.92 Å². The molecule has 11 heavy (non-hydrogen) atoms. The molecule has 0 saturated heterocycles.